The van der Waals surface area contributed by atoms with Gasteiger partial charge in [0.2, 0.25) is 11.8 Å². The Hall–Kier alpha value is -1.83. The predicted octanol–water partition coefficient (Wildman–Crippen LogP) is -0.255. The third-order valence-electron chi connectivity index (χ3n) is 4.62. The number of rotatable bonds is 4. The third kappa shape index (κ3) is 5.36. The van der Waals surface area contributed by atoms with E-state index < -0.39 is 0 Å². The zero-order valence-electron chi connectivity index (χ0n) is 14.6. The molecular weight excluding hydrogens is 312 g/mol. The van der Waals surface area contributed by atoms with E-state index in [0.29, 0.717) is 51.7 Å². The van der Waals surface area contributed by atoms with Gasteiger partial charge in [-0.3, -0.25) is 9.59 Å². The van der Waals surface area contributed by atoms with Gasteiger partial charge in [0.25, 0.3) is 0 Å². The number of piperidine rings is 1. The molecule has 2 aliphatic heterocycles. The van der Waals surface area contributed by atoms with Crippen LogP contribution in [0.1, 0.15) is 19.3 Å². The fourth-order valence-electron chi connectivity index (χ4n) is 2.96. The van der Waals surface area contributed by atoms with Gasteiger partial charge in [-0.25, -0.2) is 4.79 Å². The highest BCUT2D eigenvalue weighted by atomic mass is 16.5. The number of nitrogens with one attached hydrogen (secondary N) is 1. The van der Waals surface area contributed by atoms with Gasteiger partial charge in [0.05, 0.1) is 19.8 Å². The fourth-order valence-corrected chi connectivity index (χ4v) is 2.96. The van der Waals surface area contributed by atoms with E-state index in [4.69, 9.17) is 4.74 Å². The van der Waals surface area contributed by atoms with Crippen LogP contribution in [-0.4, -0.2) is 92.6 Å². The fraction of sp³-hybridized carbons (Fsp3) is 0.812. The van der Waals surface area contributed by atoms with Crippen molar-refractivity contribution in [2.24, 2.45) is 5.92 Å². The molecule has 0 spiro atoms. The van der Waals surface area contributed by atoms with E-state index in [2.05, 4.69) is 5.32 Å². The van der Waals surface area contributed by atoms with E-state index >= 15 is 0 Å². The summed E-state index contributed by atoms with van der Waals surface area (Å²) in [6.45, 7) is 3.56. The van der Waals surface area contributed by atoms with Crippen molar-refractivity contribution >= 4 is 17.8 Å². The molecular formula is C16H28N4O4. The lowest BCUT2D eigenvalue weighted by Gasteiger charge is -2.32. The van der Waals surface area contributed by atoms with Crippen LogP contribution >= 0.6 is 0 Å². The van der Waals surface area contributed by atoms with Crippen LogP contribution in [0.3, 0.4) is 0 Å². The Balaban J connectivity index is 1.67. The van der Waals surface area contributed by atoms with Crippen molar-refractivity contribution in [1.82, 2.24) is 20.0 Å². The summed E-state index contributed by atoms with van der Waals surface area (Å²) in [4.78, 5) is 41.0. The van der Waals surface area contributed by atoms with E-state index in [1.165, 1.54) is 0 Å². The van der Waals surface area contributed by atoms with Crippen LogP contribution in [0.15, 0.2) is 0 Å². The number of likely N-dealkylation sites (tertiary alicyclic amines) is 1. The number of urea groups is 1. The van der Waals surface area contributed by atoms with Gasteiger partial charge >= 0.3 is 6.03 Å². The molecule has 0 saturated carbocycles. The van der Waals surface area contributed by atoms with Gasteiger partial charge < -0.3 is 24.8 Å². The van der Waals surface area contributed by atoms with Crippen LogP contribution in [-0.2, 0) is 14.3 Å². The number of ether oxygens (including phenoxy) is 1. The maximum absolute atomic E-state index is 12.2. The smallest absolute Gasteiger partial charge is 0.317 e. The van der Waals surface area contributed by atoms with E-state index in [1.54, 1.807) is 28.8 Å². The molecule has 0 aromatic heterocycles. The van der Waals surface area contributed by atoms with Crippen LogP contribution in [0.2, 0.25) is 0 Å². The van der Waals surface area contributed by atoms with Crippen molar-refractivity contribution in [1.29, 1.82) is 0 Å². The number of hydrogen-bond donors (Lipinski definition) is 1. The summed E-state index contributed by atoms with van der Waals surface area (Å²) < 4.78 is 5.21. The minimum Gasteiger partial charge on any atom is -0.378 e. The van der Waals surface area contributed by atoms with Crippen LogP contribution in [0, 0.1) is 5.92 Å². The van der Waals surface area contributed by atoms with Crippen LogP contribution in [0.5, 0.6) is 0 Å². The number of carbonyl (C=O) groups is 3. The number of morpholine rings is 1. The summed E-state index contributed by atoms with van der Waals surface area (Å²) >= 11 is 0. The van der Waals surface area contributed by atoms with Gasteiger partial charge in [0.1, 0.15) is 0 Å². The molecule has 2 rings (SSSR count). The maximum atomic E-state index is 12.2. The van der Waals surface area contributed by atoms with Gasteiger partial charge in [0.15, 0.2) is 0 Å². The second-order valence-corrected chi connectivity index (χ2v) is 6.57. The number of amides is 4. The molecule has 0 atom stereocenters. The van der Waals surface area contributed by atoms with E-state index in [1.807, 2.05) is 0 Å². The first-order valence-electron chi connectivity index (χ1n) is 8.56. The second kappa shape index (κ2) is 8.86. The van der Waals surface area contributed by atoms with Crippen molar-refractivity contribution in [3.63, 3.8) is 0 Å². The predicted molar refractivity (Wildman–Crippen MR) is 88.4 cm³/mol. The summed E-state index contributed by atoms with van der Waals surface area (Å²) in [5, 5.41) is 2.70. The Labute approximate surface area is 143 Å². The van der Waals surface area contributed by atoms with E-state index in [9.17, 15) is 14.4 Å². The number of hydrogen-bond acceptors (Lipinski definition) is 4. The normalized spacial score (nSPS) is 19.1. The summed E-state index contributed by atoms with van der Waals surface area (Å²) in [6, 6.07) is -0.200. The first kappa shape index (κ1) is 18.5. The van der Waals surface area contributed by atoms with Crippen LogP contribution < -0.4 is 5.32 Å². The standard InChI is InChI=1S/C16H28N4O4/c1-18(2)14(21)11-13-3-5-20(6-4-13)16(23)17-12-15(22)19-7-9-24-10-8-19/h13H,3-12H2,1-2H3,(H,17,23). The summed E-state index contributed by atoms with van der Waals surface area (Å²) in [5.74, 6) is 0.394. The van der Waals surface area contributed by atoms with E-state index in [0.717, 1.165) is 12.8 Å². The summed E-state index contributed by atoms with van der Waals surface area (Å²) in [7, 11) is 3.52. The summed E-state index contributed by atoms with van der Waals surface area (Å²) in [5.41, 5.74) is 0. The largest absolute Gasteiger partial charge is 0.378 e. The van der Waals surface area contributed by atoms with Crippen molar-refractivity contribution in [2.75, 3.05) is 60.0 Å². The highest BCUT2D eigenvalue weighted by Gasteiger charge is 2.25. The van der Waals surface area contributed by atoms with Crippen molar-refractivity contribution in [3.8, 4) is 0 Å². The number of nitrogens with zero attached hydrogens (tertiary/aromatic N) is 3. The molecule has 0 bridgehead atoms. The van der Waals surface area contributed by atoms with Gasteiger partial charge in [-0.1, -0.05) is 0 Å². The number of carbonyl (C=O) groups excluding carboxylic acids is 3. The van der Waals surface area contributed by atoms with Gasteiger partial charge in [-0.05, 0) is 18.8 Å². The molecule has 0 unspecified atom stereocenters. The molecule has 2 fully saturated rings. The molecule has 2 aliphatic rings. The van der Waals surface area contributed by atoms with Crippen LogP contribution in [0.25, 0.3) is 0 Å². The molecule has 0 aromatic carbocycles. The monoisotopic (exact) mass is 340 g/mol. The first-order chi connectivity index (χ1) is 11.5. The Morgan fingerprint density at radius 1 is 1.04 bits per heavy atom. The Morgan fingerprint density at radius 3 is 2.25 bits per heavy atom. The molecule has 8 nitrogen and oxygen atoms in total. The topological polar surface area (TPSA) is 82.2 Å². The van der Waals surface area contributed by atoms with Crippen molar-refractivity contribution in [2.45, 2.75) is 19.3 Å². The first-order valence-corrected chi connectivity index (χ1v) is 8.56. The molecule has 0 aromatic rings. The Morgan fingerprint density at radius 2 is 1.67 bits per heavy atom. The lowest BCUT2D eigenvalue weighted by atomic mass is 9.93. The minimum atomic E-state index is -0.200. The molecule has 0 radical (unpaired) electrons. The second-order valence-electron chi connectivity index (χ2n) is 6.57. The maximum Gasteiger partial charge on any atom is 0.317 e. The van der Waals surface area contributed by atoms with Gasteiger partial charge in [0, 0.05) is 46.7 Å². The quantitative estimate of drug-likeness (QED) is 0.765. The van der Waals surface area contributed by atoms with Crippen molar-refractivity contribution < 1.29 is 19.1 Å². The third-order valence-corrected chi connectivity index (χ3v) is 4.62. The molecule has 2 heterocycles. The molecule has 1 N–H and O–H groups in total. The van der Waals surface area contributed by atoms with Gasteiger partial charge in [-0.15, -0.1) is 0 Å². The molecule has 8 heteroatoms. The van der Waals surface area contributed by atoms with Crippen LogP contribution in [0.4, 0.5) is 4.79 Å². The lowest BCUT2D eigenvalue weighted by molar-refractivity contribution is -0.134. The average molecular weight is 340 g/mol. The highest BCUT2D eigenvalue weighted by molar-refractivity contribution is 5.84. The Bertz CT molecular complexity index is 455. The van der Waals surface area contributed by atoms with E-state index in [-0.39, 0.29) is 24.4 Å². The SMILES string of the molecule is CN(C)C(=O)CC1CCN(C(=O)NCC(=O)N2CCOCC2)CC1. The van der Waals surface area contributed by atoms with Gasteiger partial charge in [-0.2, -0.15) is 0 Å². The lowest BCUT2D eigenvalue weighted by Crippen LogP contribution is -2.49. The molecule has 24 heavy (non-hydrogen) atoms. The van der Waals surface area contributed by atoms with Crippen molar-refractivity contribution in [3.05, 3.63) is 0 Å². The average Bonchev–Trinajstić information content (AvgIpc) is 2.60. The highest BCUT2D eigenvalue weighted by Crippen LogP contribution is 2.21. The molecule has 2 saturated heterocycles. The Kier molecular flexibility index (Phi) is 6.84. The zero-order valence-corrected chi connectivity index (χ0v) is 14.6. The molecule has 4 amide bonds. The molecule has 136 valence electrons. The zero-order chi connectivity index (χ0) is 17.5. The molecule has 0 aliphatic carbocycles. The summed E-state index contributed by atoms with van der Waals surface area (Å²) in [6.07, 6.45) is 2.19. The minimum absolute atomic E-state index is 0.0257.